The van der Waals surface area contributed by atoms with Gasteiger partial charge in [0, 0.05) is 50.1 Å². The maximum atomic E-state index is 12.6. The van der Waals surface area contributed by atoms with E-state index in [1.165, 1.54) is 10.1 Å². The molecular weight excluding hydrogens is 438 g/mol. The first-order valence-electron chi connectivity index (χ1n) is 10.5. The van der Waals surface area contributed by atoms with Crippen LogP contribution >= 0.6 is 0 Å². The van der Waals surface area contributed by atoms with Crippen molar-refractivity contribution in [1.29, 1.82) is 0 Å². The maximum absolute atomic E-state index is 12.6. The summed E-state index contributed by atoms with van der Waals surface area (Å²) in [6, 6.07) is 3.17. The molecule has 13 nitrogen and oxygen atoms in total. The SMILES string of the molecule is NC(=O)C1CCN(OC(=O)c2cc(C(=O)ON3CCC(C(N)=O)CC3)cc([N+](=O)[O-])c2)CC1. The van der Waals surface area contributed by atoms with Crippen molar-refractivity contribution >= 4 is 29.4 Å². The number of primary amides is 2. The van der Waals surface area contributed by atoms with E-state index in [2.05, 4.69) is 0 Å². The van der Waals surface area contributed by atoms with Crippen molar-refractivity contribution in [3.8, 4) is 0 Å². The van der Waals surface area contributed by atoms with E-state index in [9.17, 15) is 29.3 Å². The number of non-ortho nitro benzene ring substituents is 1. The molecule has 0 radical (unpaired) electrons. The molecule has 2 heterocycles. The average molecular weight is 463 g/mol. The van der Waals surface area contributed by atoms with Crippen molar-refractivity contribution in [2.75, 3.05) is 26.2 Å². The molecule has 0 spiro atoms. The van der Waals surface area contributed by atoms with Gasteiger partial charge in [0.1, 0.15) is 0 Å². The van der Waals surface area contributed by atoms with Gasteiger partial charge in [-0.1, -0.05) is 0 Å². The van der Waals surface area contributed by atoms with Gasteiger partial charge in [-0.15, -0.1) is 10.1 Å². The third-order valence-corrected chi connectivity index (χ3v) is 5.74. The van der Waals surface area contributed by atoms with E-state index in [0.29, 0.717) is 25.7 Å². The van der Waals surface area contributed by atoms with Crippen LogP contribution in [0, 0.1) is 22.0 Å². The molecule has 178 valence electrons. The van der Waals surface area contributed by atoms with E-state index in [0.717, 1.165) is 18.2 Å². The third-order valence-electron chi connectivity index (χ3n) is 5.74. The van der Waals surface area contributed by atoms with Gasteiger partial charge in [-0.25, -0.2) is 9.59 Å². The monoisotopic (exact) mass is 463 g/mol. The molecule has 1 aromatic carbocycles. The molecule has 33 heavy (non-hydrogen) atoms. The number of hydrogen-bond acceptors (Lipinski definition) is 10. The molecule has 0 saturated carbocycles. The van der Waals surface area contributed by atoms with Gasteiger partial charge in [0.15, 0.2) is 0 Å². The number of hydrogen-bond donors (Lipinski definition) is 2. The molecule has 2 aliphatic rings. The fourth-order valence-electron chi connectivity index (χ4n) is 3.76. The number of rotatable bonds is 7. The number of nitro groups is 1. The summed E-state index contributed by atoms with van der Waals surface area (Å²) in [6.07, 6.45) is 1.67. The zero-order valence-electron chi connectivity index (χ0n) is 17.8. The first kappa shape index (κ1) is 24.1. The predicted octanol–water partition coefficient (Wildman–Crippen LogP) is 0.133. The van der Waals surface area contributed by atoms with E-state index >= 15 is 0 Å². The molecule has 0 aromatic heterocycles. The summed E-state index contributed by atoms with van der Waals surface area (Å²) in [6.45, 7) is 1.13. The van der Waals surface area contributed by atoms with Crippen LogP contribution in [0.4, 0.5) is 5.69 Å². The Hall–Kier alpha value is -3.58. The number of hydroxylamine groups is 4. The summed E-state index contributed by atoms with van der Waals surface area (Å²) >= 11 is 0. The fraction of sp³-hybridized carbons (Fsp3) is 0.500. The van der Waals surface area contributed by atoms with E-state index in [1.54, 1.807) is 0 Å². The molecule has 2 amide bonds. The Balaban J connectivity index is 1.67. The molecule has 3 rings (SSSR count). The second kappa shape index (κ2) is 10.4. The number of carbonyl (C=O) groups excluding carboxylic acids is 4. The maximum Gasteiger partial charge on any atom is 0.357 e. The lowest BCUT2D eigenvalue weighted by atomic mass is 9.97. The summed E-state index contributed by atoms with van der Waals surface area (Å²) < 4.78 is 0. The highest BCUT2D eigenvalue weighted by molar-refractivity contribution is 5.96. The van der Waals surface area contributed by atoms with E-state index in [-0.39, 0.29) is 49.1 Å². The Morgan fingerprint density at radius 1 is 0.788 bits per heavy atom. The molecule has 4 N–H and O–H groups in total. The molecular formula is C20H25N5O8. The number of amides is 2. The molecule has 1 aromatic rings. The number of piperidine rings is 2. The van der Waals surface area contributed by atoms with Crippen LogP contribution < -0.4 is 11.5 Å². The number of benzene rings is 1. The van der Waals surface area contributed by atoms with Gasteiger partial charge in [0.05, 0.1) is 16.1 Å². The molecule has 13 heteroatoms. The molecule has 2 aliphatic heterocycles. The number of nitro benzene ring substituents is 1. The Morgan fingerprint density at radius 3 is 1.45 bits per heavy atom. The minimum Gasteiger partial charge on any atom is -0.369 e. The van der Waals surface area contributed by atoms with Gasteiger partial charge in [-0.2, -0.15) is 0 Å². The smallest absolute Gasteiger partial charge is 0.357 e. The van der Waals surface area contributed by atoms with Crippen LogP contribution in [0.15, 0.2) is 18.2 Å². The zero-order valence-corrected chi connectivity index (χ0v) is 17.8. The standard InChI is InChI=1S/C20H25N5O8/c21-17(26)12-1-5-23(6-2-12)32-19(28)14-9-15(11-16(10-14)25(30)31)20(29)33-24-7-3-13(4-8-24)18(22)27/h9-13H,1-8H2,(H2,21,26)(H2,22,27). The van der Waals surface area contributed by atoms with Gasteiger partial charge in [-0.05, 0) is 31.7 Å². The van der Waals surface area contributed by atoms with Gasteiger partial charge in [-0.3, -0.25) is 19.7 Å². The van der Waals surface area contributed by atoms with Crippen LogP contribution in [-0.4, -0.2) is 65.0 Å². The summed E-state index contributed by atoms with van der Waals surface area (Å²) in [7, 11) is 0. The summed E-state index contributed by atoms with van der Waals surface area (Å²) in [5, 5.41) is 14.0. The molecule has 0 aliphatic carbocycles. The van der Waals surface area contributed by atoms with Crippen LogP contribution in [0.2, 0.25) is 0 Å². The Labute approximate surface area is 188 Å². The Morgan fingerprint density at radius 2 is 1.15 bits per heavy atom. The lowest BCUT2D eigenvalue weighted by Gasteiger charge is -2.29. The zero-order chi connectivity index (χ0) is 24.1. The highest BCUT2D eigenvalue weighted by Gasteiger charge is 2.29. The van der Waals surface area contributed by atoms with Gasteiger partial charge < -0.3 is 21.1 Å². The van der Waals surface area contributed by atoms with Crippen LogP contribution in [0.25, 0.3) is 0 Å². The van der Waals surface area contributed by atoms with Crippen LogP contribution in [0.3, 0.4) is 0 Å². The van der Waals surface area contributed by atoms with Crippen molar-refractivity contribution in [1.82, 2.24) is 10.1 Å². The molecule has 0 unspecified atom stereocenters. The van der Waals surface area contributed by atoms with Crippen LogP contribution in [0.1, 0.15) is 46.4 Å². The third kappa shape index (κ3) is 6.23. The predicted molar refractivity (Wildman–Crippen MR) is 111 cm³/mol. The van der Waals surface area contributed by atoms with E-state index < -0.39 is 34.4 Å². The van der Waals surface area contributed by atoms with Crippen molar-refractivity contribution < 1.29 is 33.8 Å². The highest BCUT2D eigenvalue weighted by atomic mass is 16.7. The molecule has 2 saturated heterocycles. The minimum atomic E-state index is -0.882. The first-order valence-corrected chi connectivity index (χ1v) is 10.5. The van der Waals surface area contributed by atoms with Crippen molar-refractivity contribution in [3.63, 3.8) is 0 Å². The lowest BCUT2D eigenvalue weighted by Crippen LogP contribution is -2.40. The molecule has 2 fully saturated rings. The van der Waals surface area contributed by atoms with Crippen LogP contribution in [-0.2, 0) is 19.3 Å². The molecule has 0 atom stereocenters. The van der Waals surface area contributed by atoms with E-state index in [1.807, 2.05) is 0 Å². The minimum absolute atomic E-state index is 0.194. The average Bonchev–Trinajstić information content (AvgIpc) is 2.79. The normalized spacial score (nSPS) is 18.4. The van der Waals surface area contributed by atoms with Gasteiger partial charge in [0.2, 0.25) is 11.8 Å². The van der Waals surface area contributed by atoms with E-state index in [4.69, 9.17) is 21.1 Å². The van der Waals surface area contributed by atoms with Gasteiger partial charge in [0.25, 0.3) is 5.69 Å². The van der Waals surface area contributed by atoms with Gasteiger partial charge >= 0.3 is 11.9 Å². The quantitative estimate of drug-likeness (QED) is 0.415. The number of carbonyl (C=O) groups is 4. The van der Waals surface area contributed by atoms with Crippen molar-refractivity contribution in [3.05, 3.63) is 39.4 Å². The largest absolute Gasteiger partial charge is 0.369 e. The summed E-state index contributed by atoms with van der Waals surface area (Å²) in [5.41, 5.74) is 9.71. The first-order chi connectivity index (χ1) is 15.6. The van der Waals surface area contributed by atoms with Crippen LogP contribution in [0.5, 0.6) is 0 Å². The topological polar surface area (TPSA) is 188 Å². The second-order valence-corrected chi connectivity index (χ2v) is 7.99. The number of nitrogens with two attached hydrogens (primary N) is 2. The highest BCUT2D eigenvalue weighted by Crippen LogP contribution is 2.23. The van der Waals surface area contributed by atoms with Crippen molar-refractivity contribution in [2.45, 2.75) is 25.7 Å². The molecule has 0 bridgehead atoms. The number of nitrogens with zero attached hydrogens (tertiary/aromatic N) is 3. The second-order valence-electron chi connectivity index (χ2n) is 7.99. The Bertz CT molecular complexity index is 886. The summed E-state index contributed by atoms with van der Waals surface area (Å²) in [4.78, 5) is 68.8. The Kier molecular flexibility index (Phi) is 7.55. The van der Waals surface area contributed by atoms with Crippen molar-refractivity contribution in [2.24, 2.45) is 23.3 Å². The fourth-order valence-corrected chi connectivity index (χ4v) is 3.76. The summed E-state index contributed by atoms with van der Waals surface area (Å²) in [5.74, 6) is -3.19. The lowest BCUT2D eigenvalue weighted by molar-refractivity contribution is -0.384.